The number of aryl methyl sites for hydroxylation is 1. The summed E-state index contributed by atoms with van der Waals surface area (Å²) in [6, 6.07) is 8.26. The third kappa shape index (κ3) is 3.83. The normalized spacial score (nSPS) is 18.4. The van der Waals surface area contributed by atoms with Crippen molar-refractivity contribution >= 4 is 0 Å². The standard InChI is InChI=1S/C13H18O3/c1-14-8-9-15-12-5-2-11(3-6-12)4-7-13-10-16-13/h2-3,5-6,13H,4,7-10H2,1H3. The first kappa shape index (κ1) is 11.4. The van der Waals surface area contributed by atoms with E-state index in [0.29, 0.717) is 19.3 Å². The van der Waals surface area contributed by atoms with E-state index in [2.05, 4.69) is 12.1 Å². The van der Waals surface area contributed by atoms with Gasteiger partial charge in [-0.3, -0.25) is 0 Å². The van der Waals surface area contributed by atoms with Gasteiger partial charge in [0.05, 0.1) is 19.3 Å². The average molecular weight is 222 g/mol. The zero-order valence-electron chi connectivity index (χ0n) is 9.65. The quantitative estimate of drug-likeness (QED) is 0.522. The summed E-state index contributed by atoms with van der Waals surface area (Å²) in [6.07, 6.45) is 2.73. The SMILES string of the molecule is COCCOc1ccc(CCC2CO2)cc1. The van der Waals surface area contributed by atoms with Gasteiger partial charge in [0.15, 0.2) is 0 Å². The van der Waals surface area contributed by atoms with Crippen LogP contribution in [0, 0.1) is 0 Å². The van der Waals surface area contributed by atoms with Crippen molar-refractivity contribution in [3.8, 4) is 5.75 Å². The Balaban J connectivity index is 1.74. The molecule has 0 amide bonds. The Hall–Kier alpha value is -1.06. The van der Waals surface area contributed by atoms with Crippen molar-refractivity contribution in [2.75, 3.05) is 26.9 Å². The molecular formula is C13H18O3. The number of ether oxygens (including phenoxy) is 3. The number of rotatable bonds is 7. The van der Waals surface area contributed by atoms with Crippen molar-refractivity contribution in [1.29, 1.82) is 0 Å². The van der Waals surface area contributed by atoms with Gasteiger partial charge in [-0.2, -0.15) is 0 Å². The third-order valence-electron chi connectivity index (χ3n) is 2.64. The van der Waals surface area contributed by atoms with Gasteiger partial charge in [-0.05, 0) is 30.5 Å². The van der Waals surface area contributed by atoms with Crippen LogP contribution < -0.4 is 4.74 Å². The van der Waals surface area contributed by atoms with Crippen molar-refractivity contribution in [3.05, 3.63) is 29.8 Å². The summed E-state index contributed by atoms with van der Waals surface area (Å²) >= 11 is 0. The molecular weight excluding hydrogens is 204 g/mol. The molecule has 1 unspecified atom stereocenters. The topological polar surface area (TPSA) is 31.0 Å². The van der Waals surface area contributed by atoms with Crippen LogP contribution in [0.2, 0.25) is 0 Å². The van der Waals surface area contributed by atoms with Crippen LogP contribution >= 0.6 is 0 Å². The van der Waals surface area contributed by atoms with E-state index in [-0.39, 0.29) is 0 Å². The maximum Gasteiger partial charge on any atom is 0.119 e. The van der Waals surface area contributed by atoms with E-state index in [1.807, 2.05) is 12.1 Å². The molecule has 1 saturated heterocycles. The number of hydrogen-bond acceptors (Lipinski definition) is 3. The van der Waals surface area contributed by atoms with Crippen LogP contribution in [0.15, 0.2) is 24.3 Å². The molecule has 0 saturated carbocycles. The van der Waals surface area contributed by atoms with Gasteiger partial charge in [-0.1, -0.05) is 12.1 Å². The monoisotopic (exact) mass is 222 g/mol. The van der Waals surface area contributed by atoms with E-state index in [1.54, 1.807) is 7.11 Å². The number of epoxide rings is 1. The molecule has 0 N–H and O–H groups in total. The Kier molecular flexibility index (Phi) is 4.19. The molecule has 16 heavy (non-hydrogen) atoms. The lowest BCUT2D eigenvalue weighted by molar-refractivity contribution is 0.146. The van der Waals surface area contributed by atoms with Crippen LogP contribution in [0.25, 0.3) is 0 Å². The molecule has 0 spiro atoms. The van der Waals surface area contributed by atoms with Gasteiger partial charge in [0.1, 0.15) is 12.4 Å². The first-order valence-electron chi connectivity index (χ1n) is 5.71. The van der Waals surface area contributed by atoms with Gasteiger partial charge in [-0.15, -0.1) is 0 Å². The second-order valence-electron chi connectivity index (χ2n) is 3.98. The largest absolute Gasteiger partial charge is 0.491 e. The molecule has 1 aromatic carbocycles. The lowest BCUT2D eigenvalue weighted by atomic mass is 10.1. The lowest BCUT2D eigenvalue weighted by Gasteiger charge is -2.06. The highest BCUT2D eigenvalue weighted by atomic mass is 16.6. The maximum atomic E-state index is 5.49. The minimum Gasteiger partial charge on any atom is -0.491 e. The van der Waals surface area contributed by atoms with Crippen molar-refractivity contribution in [2.24, 2.45) is 0 Å². The average Bonchev–Trinajstić information content (AvgIpc) is 3.12. The molecule has 1 atom stereocenters. The predicted molar refractivity (Wildman–Crippen MR) is 61.9 cm³/mol. The molecule has 2 rings (SSSR count). The molecule has 88 valence electrons. The van der Waals surface area contributed by atoms with Crippen LogP contribution in [0.1, 0.15) is 12.0 Å². The molecule has 1 aliphatic rings. The molecule has 1 heterocycles. The lowest BCUT2D eigenvalue weighted by Crippen LogP contribution is -2.04. The first-order valence-corrected chi connectivity index (χ1v) is 5.71. The third-order valence-corrected chi connectivity index (χ3v) is 2.64. The summed E-state index contributed by atoms with van der Waals surface area (Å²) in [6.45, 7) is 2.17. The van der Waals surface area contributed by atoms with Crippen LogP contribution in [0.5, 0.6) is 5.75 Å². The minimum atomic E-state index is 0.512. The molecule has 1 fully saturated rings. The predicted octanol–water partition coefficient (Wildman–Crippen LogP) is 2.04. The van der Waals surface area contributed by atoms with Gasteiger partial charge >= 0.3 is 0 Å². The number of hydrogen-bond donors (Lipinski definition) is 0. The van der Waals surface area contributed by atoms with Gasteiger partial charge in [0, 0.05) is 7.11 Å². The molecule has 0 radical (unpaired) electrons. The van der Waals surface area contributed by atoms with Crippen LogP contribution in [-0.4, -0.2) is 33.0 Å². The van der Waals surface area contributed by atoms with E-state index in [0.717, 1.165) is 25.2 Å². The minimum absolute atomic E-state index is 0.512. The van der Waals surface area contributed by atoms with Crippen LogP contribution in [0.4, 0.5) is 0 Å². The van der Waals surface area contributed by atoms with Gasteiger partial charge < -0.3 is 14.2 Å². The molecule has 3 heteroatoms. The zero-order valence-corrected chi connectivity index (χ0v) is 9.65. The molecule has 3 nitrogen and oxygen atoms in total. The molecule has 0 aliphatic carbocycles. The fourth-order valence-corrected chi connectivity index (χ4v) is 1.56. The highest BCUT2D eigenvalue weighted by Gasteiger charge is 2.21. The summed E-state index contributed by atoms with van der Waals surface area (Å²) in [5.74, 6) is 0.906. The Labute approximate surface area is 96.3 Å². The second kappa shape index (κ2) is 5.87. The van der Waals surface area contributed by atoms with Gasteiger partial charge in [-0.25, -0.2) is 0 Å². The molecule has 1 aromatic rings. The van der Waals surface area contributed by atoms with Crippen LogP contribution in [0.3, 0.4) is 0 Å². The molecule has 1 aliphatic heterocycles. The van der Waals surface area contributed by atoms with Gasteiger partial charge in [0.2, 0.25) is 0 Å². The fourth-order valence-electron chi connectivity index (χ4n) is 1.56. The highest BCUT2D eigenvalue weighted by Crippen LogP contribution is 2.18. The summed E-state index contributed by atoms with van der Waals surface area (Å²) in [4.78, 5) is 0. The van der Waals surface area contributed by atoms with Crippen LogP contribution in [-0.2, 0) is 15.9 Å². The Bertz CT molecular complexity index is 303. The van der Waals surface area contributed by atoms with Crippen molar-refractivity contribution in [2.45, 2.75) is 18.9 Å². The number of methoxy groups -OCH3 is 1. The van der Waals surface area contributed by atoms with Crippen molar-refractivity contribution < 1.29 is 14.2 Å². The van der Waals surface area contributed by atoms with E-state index in [9.17, 15) is 0 Å². The van der Waals surface area contributed by atoms with Crippen molar-refractivity contribution in [3.63, 3.8) is 0 Å². The van der Waals surface area contributed by atoms with Gasteiger partial charge in [0.25, 0.3) is 0 Å². The van der Waals surface area contributed by atoms with E-state index >= 15 is 0 Å². The molecule has 0 bridgehead atoms. The van der Waals surface area contributed by atoms with Crippen molar-refractivity contribution in [1.82, 2.24) is 0 Å². The Morgan fingerprint density at radius 3 is 2.62 bits per heavy atom. The first-order chi connectivity index (χ1) is 7.88. The summed E-state index contributed by atoms with van der Waals surface area (Å²) < 4.78 is 15.6. The number of benzene rings is 1. The zero-order chi connectivity index (χ0) is 11.2. The summed E-state index contributed by atoms with van der Waals surface area (Å²) in [5, 5.41) is 0. The van der Waals surface area contributed by atoms with E-state index < -0.39 is 0 Å². The van der Waals surface area contributed by atoms with E-state index in [1.165, 1.54) is 5.56 Å². The highest BCUT2D eigenvalue weighted by molar-refractivity contribution is 5.27. The Morgan fingerprint density at radius 1 is 1.25 bits per heavy atom. The smallest absolute Gasteiger partial charge is 0.119 e. The maximum absolute atomic E-state index is 5.49. The second-order valence-corrected chi connectivity index (χ2v) is 3.98. The fraction of sp³-hybridized carbons (Fsp3) is 0.538. The Morgan fingerprint density at radius 2 is 2.00 bits per heavy atom. The van der Waals surface area contributed by atoms with E-state index in [4.69, 9.17) is 14.2 Å². The summed E-state index contributed by atoms with van der Waals surface area (Å²) in [5.41, 5.74) is 1.34. The molecule has 0 aromatic heterocycles. The summed E-state index contributed by atoms with van der Waals surface area (Å²) in [7, 11) is 1.67.